The fourth-order valence-corrected chi connectivity index (χ4v) is 3.95. The number of nitrogens with one attached hydrogen (secondary N) is 1. The molecule has 6 nitrogen and oxygen atoms in total. The van der Waals surface area contributed by atoms with Crippen LogP contribution in [-0.4, -0.2) is 35.7 Å². The second kappa shape index (κ2) is 9.22. The molecule has 0 bridgehead atoms. The van der Waals surface area contributed by atoms with Gasteiger partial charge in [-0.15, -0.1) is 0 Å². The van der Waals surface area contributed by atoms with Crippen molar-refractivity contribution in [2.75, 3.05) is 25.1 Å². The lowest BCUT2D eigenvalue weighted by molar-refractivity contribution is 0.0948. The van der Waals surface area contributed by atoms with Crippen molar-refractivity contribution in [2.45, 2.75) is 25.8 Å². The van der Waals surface area contributed by atoms with Crippen LogP contribution in [-0.2, 0) is 6.54 Å². The molecule has 0 radical (unpaired) electrons. The Hall–Kier alpha value is -2.99. The highest BCUT2D eigenvalue weighted by molar-refractivity contribution is 6.33. The van der Waals surface area contributed by atoms with Crippen molar-refractivity contribution in [3.05, 3.63) is 71.1 Å². The van der Waals surface area contributed by atoms with E-state index in [2.05, 4.69) is 15.2 Å². The topological polar surface area (TPSA) is 59.4 Å². The van der Waals surface area contributed by atoms with Crippen LogP contribution in [0.4, 0.5) is 5.82 Å². The van der Waals surface area contributed by atoms with Gasteiger partial charge in [0.05, 0.1) is 23.4 Å². The van der Waals surface area contributed by atoms with E-state index in [0.717, 1.165) is 30.2 Å². The zero-order chi connectivity index (χ0) is 20.9. The molecule has 7 heteroatoms. The lowest BCUT2D eigenvalue weighted by Crippen LogP contribution is -2.30. The van der Waals surface area contributed by atoms with Crippen LogP contribution < -0.4 is 15.0 Å². The Balaban J connectivity index is 1.44. The number of carbonyl (C=O) groups excluding carboxylic acids is 1. The van der Waals surface area contributed by atoms with Crippen LogP contribution >= 0.6 is 11.6 Å². The fraction of sp³-hybridized carbons (Fsp3) is 0.304. The minimum Gasteiger partial charge on any atom is -0.496 e. The second-order valence-corrected chi connectivity index (χ2v) is 7.76. The van der Waals surface area contributed by atoms with Crippen molar-refractivity contribution in [1.29, 1.82) is 0 Å². The van der Waals surface area contributed by atoms with Gasteiger partial charge in [0.25, 0.3) is 5.91 Å². The highest BCUT2D eigenvalue weighted by atomic mass is 35.5. The van der Waals surface area contributed by atoms with Crippen molar-refractivity contribution in [3.63, 3.8) is 0 Å². The maximum Gasteiger partial charge on any atom is 0.255 e. The van der Waals surface area contributed by atoms with Gasteiger partial charge in [0.2, 0.25) is 0 Å². The molecule has 1 aliphatic rings. The van der Waals surface area contributed by atoms with Gasteiger partial charge < -0.3 is 19.5 Å². The molecule has 3 aromatic rings. The zero-order valence-electron chi connectivity index (χ0n) is 17.0. The number of aromatic nitrogens is 2. The lowest BCUT2D eigenvalue weighted by Gasteiger charge is -2.27. The van der Waals surface area contributed by atoms with E-state index >= 15 is 0 Å². The number of carbonyl (C=O) groups is 1. The molecule has 0 aliphatic carbocycles. The Morgan fingerprint density at radius 2 is 1.93 bits per heavy atom. The first-order valence-electron chi connectivity index (χ1n) is 10.1. The summed E-state index contributed by atoms with van der Waals surface area (Å²) in [4.78, 5) is 19.7. The standard InChI is InChI=1S/C23H25ClN4O2/c1-30-21-14-20(27-9-5-6-10-27)19(24)13-18(21)23(29)26-16-17-7-8-22(25-15-17)28-11-3-2-4-12-28/h5-10,13-15H,2-4,11-12,16H2,1H3,(H,26,29). The van der Waals surface area contributed by atoms with Gasteiger partial charge in [-0.3, -0.25) is 4.79 Å². The van der Waals surface area contributed by atoms with Gasteiger partial charge in [0.15, 0.2) is 0 Å². The summed E-state index contributed by atoms with van der Waals surface area (Å²) in [5, 5.41) is 3.41. The summed E-state index contributed by atoms with van der Waals surface area (Å²) in [7, 11) is 1.54. The maximum atomic E-state index is 12.8. The largest absolute Gasteiger partial charge is 0.496 e. The number of amides is 1. The molecule has 1 saturated heterocycles. The van der Waals surface area contributed by atoms with E-state index in [0.29, 0.717) is 22.9 Å². The van der Waals surface area contributed by atoms with Gasteiger partial charge in [0, 0.05) is 44.3 Å². The summed E-state index contributed by atoms with van der Waals surface area (Å²) in [6.07, 6.45) is 9.33. The quantitative estimate of drug-likeness (QED) is 0.634. The van der Waals surface area contributed by atoms with Crippen LogP contribution in [0.5, 0.6) is 5.75 Å². The van der Waals surface area contributed by atoms with Gasteiger partial charge >= 0.3 is 0 Å². The molecule has 1 N–H and O–H groups in total. The number of rotatable bonds is 6. The number of methoxy groups -OCH3 is 1. The van der Waals surface area contributed by atoms with Crippen molar-refractivity contribution in [1.82, 2.24) is 14.9 Å². The molecule has 30 heavy (non-hydrogen) atoms. The second-order valence-electron chi connectivity index (χ2n) is 7.35. The van der Waals surface area contributed by atoms with Gasteiger partial charge in [-0.05, 0) is 49.1 Å². The van der Waals surface area contributed by atoms with E-state index in [1.165, 1.54) is 19.3 Å². The number of hydrogen-bond donors (Lipinski definition) is 1. The number of hydrogen-bond acceptors (Lipinski definition) is 4. The average molecular weight is 425 g/mol. The SMILES string of the molecule is COc1cc(-n2cccc2)c(Cl)cc1C(=O)NCc1ccc(N2CCCCC2)nc1. The Morgan fingerprint density at radius 3 is 2.60 bits per heavy atom. The van der Waals surface area contributed by atoms with Gasteiger partial charge in [-0.1, -0.05) is 17.7 Å². The predicted octanol–water partition coefficient (Wildman–Crippen LogP) is 4.45. The van der Waals surface area contributed by atoms with Crippen LogP contribution in [0.15, 0.2) is 55.0 Å². The Labute approximate surface area is 181 Å². The molecule has 0 saturated carbocycles. The van der Waals surface area contributed by atoms with Crippen LogP contribution in [0, 0.1) is 0 Å². The summed E-state index contributed by atoms with van der Waals surface area (Å²) in [6.45, 7) is 2.50. The van der Waals surface area contributed by atoms with E-state index in [-0.39, 0.29) is 5.91 Å². The smallest absolute Gasteiger partial charge is 0.255 e. The van der Waals surface area contributed by atoms with Crippen molar-refractivity contribution < 1.29 is 9.53 Å². The summed E-state index contributed by atoms with van der Waals surface area (Å²) in [5.41, 5.74) is 2.10. The number of halogens is 1. The fourth-order valence-electron chi connectivity index (χ4n) is 3.69. The molecule has 1 amide bonds. The van der Waals surface area contributed by atoms with Crippen LogP contribution in [0.1, 0.15) is 35.2 Å². The van der Waals surface area contributed by atoms with Crippen molar-refractivity contribution >= 4 is 23.3 Å². The molecule has 4 rings (SSSR count). The number of ether oxygens (including phenoxy) is 1. The molecular formula is C23H25ClN4O2. The first-order valence-corrected chi connectivity index (χ1v) is 10.5. The molecule has 1 aromatic carbocycles. The van der Waals surface area contributed by atoms with Gasteiger partial charge in [-0.25, -0.2) is 4.98 Å². The molecule has 2 aromatic heterocycles. The monoisotopic (exact) mass is 424 g/mol. The summed E-state index contributed by atoms with van der Waals surface area (Å²) in [5.74, 6) is 1.23. The molecule has 1 aliphatic heterocycles. The van der Waals surface area contributed by atoms with E-state index < -0.39 is 0 Å². The Morgan fingerprint density at radius 1 is 1.17 bits per heavy atom. The van der Waals surface area contributed by atoms with E-state index in [1.807, 2.05) is 47.4 Å². The normalized spacial score (nSPS) is 13.9. The van der Waals surface area contributed by atoms with Gasteiger partial charge in [-0.2, -0.15) is 0 Å². The molecule has 0 atom stereocenters. The number of pyridine rings is 1. The Kier molecular flexibility index (Phi) is 6.23. The maximum absolute atomic E-state index is 12.8. The van der Waals surface area contributed by atoms with E-state index in [1.54, 1.807) is 19.2 Å². The van der Waals surface area contributed by atoms with Crippen LogP contribution in [0.2, 0.25) is 5.02 Å². The molecule has 3 heterocycles. The highest BCUT2D eigenvalue weighted by Crippen LogP contribution is 2.30. The molecule has 156 valence electrons. The van der Waals surface area contributed by atoms with Crippen molar-refractivity contribution in [3.8, 4) is 11.4 Å². The summed E-state index contributed by atoms with van der Waals surface area (Å²) in [6, 6.07) is 11.3. The third-order valence-electron chi connectivity index (χ3n) is 5.34. The number of anilines is 1. The average Bonchev–Trinajstić information content (AvgIpc) is 3.33. The molecule has 0 spiro atoms. The zero-order valence-corrected chi connectivity index (χ0v) is 17.7. The first kappa shape index (κ1) is 20.3. The van der Waals surface area contributed by atoms with Crippen LogP contribution in [0.3, 0.4) is 0 Å². The van der Waals surface area contributed by atoms with Gasteiger partial charge in [0.1, 0.15) is 11.6 Å². The van der Waals surface area contributed by atoms with E-state index in [4.69, 9.17) is 16.3 Å². The summed E-state index contributed by atoms with van der Waals surface area (Å²) >= 11 is 6.43. The molecule has 0 unspecified atom stereocenters. The van der Waals surface area contributed by atoms with Crippen LogP contribution in [0.25, 0.3) is 5.69 Å². The minimum atomic E-state index is -0.243. The van der Waals surface area contributed by atoms with E-state index in [9.17, 15) is 4.79 Å². The number of nitrogens with zero attached hydrogens (tertiary/aromatic N) is 3. The lowest BCUT2D eigenvalue weighted by atomic mass is 10.1. The summed E-state index contributed by atoms with van der Waals surface area (Å²) < 4.78 is 7.32. The third-order valence-corrected chi connectivity index (χ3v) is 5.64. The molecular weight excluding hydrogens is 400 g/mol. The molecule has 1 fully saturated rings. The van der Waals surface area contributed by atoms with Crippen molar-refractivity contribution in [2.24, 2.45) is 0 Å². The predicted molar refractivity (Wildman–Crippen MR) is 119 cm³/mol. The minimum absolute atomic E-state index is 0.243. The number of benzene rings is 1. The first-order chi connectivity index (χ1) is 14.7. The third kappa shape index (κ3) is 4.44. The number of piperidine rings is 1. The Bertz CT molecular complexity index is 997. The highest BCUT2D eigenvalue weighted by Gasteiger charge is 2.17.